The highest BCUT2D eigenvalue weighted by Crippen LogP contribution is 2.36. The second-order valence-corrected chi connectivity index (χ2v) is 6.30. The summed E-state index contributed by atoms with van der Waals surface area (Å²) in [4.78, 5) is 11.8. The van der Waals surface area contributed by atoms with E-state index in [4.69, 9.17) is 9.84 Å². The number of ether oxygens (including phenoxy) is 1. The summed E-state index contributed by atoms with van der Waals surface area (Å²) in [6.45, 7) is 5.36. The van der Waals surface area contributed by atoms with Gasteiger partial charge in [-0.2, -0.15) is 0 Å². The van der Waals surface area contributed by atoms with Gasteiger partial charge in [0, 0.05) is 6.61 Å². The summed E-state index contributed by atoms with van der Waals surface area (Å²) >= 11 is 0. The van der Waals surface area contributed by atoms with E-state index >= 15 is 0 Å². The molecule has 1 saturated carbocycles. The highest BCUT2D eigenvalue weighted by atomic mass is 16.6. The zero-order chi connectivity index (χ0) is 14.5. The standard InChI is InChI=1S/C14H27NO4/c1-14(2,3)19-13(18)15-12(9-17)11(7-8-16)10-5-4-6-10/h10-12,16-17H,4-9H2,1-3H3,(H,15,18)/t11-,12-/m1/s1. The Morgan fingerprint density at radius 1 is 1.37 bits per heavy atom. The van der Waals surface area contributed by atoms with Gasteiger partial charge in [0.2, 0.25) is 0 Å². The Labute approximate surface area is 115 Å². The minimum atomic E-state index is -0.549. The predicted octanol–water partition coefficient (Wildman–Crippen LogP) is 1.67. The number of aliphatic hydroxyl groups excluding tert-OH is 2. The van der Waals surface area contributed by atoms with Crippen molar-refractivity contribution in [2.24, 2.45) is 11.8 Å². The molecule has 3 N–H and O–H groups in total. The summed E-state index contributed by atoms with van der Waals surface area (Å²) in [5.74, 6) is 0.607. The quantitative estimate of drug-likeness (QED) is 0.688. The third-order valence-electron chi connectivity index (χ3n) is 3.63. The fraction of sp³-hybridized carbons (Fsp3) is 0.929. The summed E-state index contributed by atoms with van der Waals surface area (Å²) in [6, 6.07) is -0.340. The molecule has 1 aliphatic rings. The average Bonchev–Trinajstić information content (AvgIpc) is 2.20. The zero-order valence-electron chi connectivity index (χ0n) is 12.2. The van der Waals surface area contributed by atoms with E-state index in [9.17, 15) is 9.90 Å². The van der Waals surface area contributed by atoms with E-state index in [1.807, 2.05) is 0 Å². The predicted molar refractivity (Wildman–Crippen MR) is 72.8 cm³/mol. The molecule has 5 nitrogen and oxygen atoms in total. The SMILES string of the molecule is CC(C)(C)OC(=O)N[C@H](CO)[C@H](CCO)C1CCC1. The molecule has 0 aromatic rings. The summed E-state index contributed by atoms with van der Waals surface area (Å²) in [6.07, 6.45) is 3.51. The molecule has 1 aliphatic carbocycles. The maximum atomic E-state index is 11.8. The second-order valence-electron chi connectivity index (χ2n) is 6.30. The van der Waals surface area contributed by atoms with E-state index in [0.29, 0.717) is 12.3 Å². The van der Waals surface area contributed by atoms with E-state index in [-0.39, 0.29) is 25.2 Å². The smallest absolute Gasteiger partial charge is 0.407 e. The Morgan fingerprint density at radius 3 is 2.37 bits per heavy atom. The Hall–Kier alpha value is -0.810. The summed E-state index contributed by atoms with van der Waals surface area (Å²) in [7, 11) is 0. The molecule has 0 saturated heterocycles. The van der Waals surface area contributed by atoms with Gasteiger partial charge < -0.3 is 20.3 Å². The van der Waals surface area contributed by atoms with Crippen LogP contribution in [0.25, 0.3) is 0 Å². The van der Waals surface area contributed by atoms with E-state index in [1.54, 1.807) is 20.8 Å². The van der Waals surface area contributed by atoms with Gasteiger partial charge in [0.15, 0.2) is 0 Å². The normalized spacial score (nSPS) is 19.4. The van der Waals surface area contributed by atoms with Crippen LogP contribution in [0.1, 0.15) is 46.5 Å². The van der Waals surface area contributed by atoms with E-state index in [1.165, 1.54) is 6.42 Å². The Bertz CT molecular complexity index is 284. The molecule has 1 fully saturated rings. The maximum Gasteiger partial charge on any atom is 0.407 e. The van der Waals surface area contributed by atoms with Crippen LogP contribution in [0.15, 0.2) is 0 Å². The van der Waals surface area contributed by atoms with Crippen molar-refractivity contribution in [2.75, 3.05) is 13.2 Å². The molecule has 19 heavy (non-hydrogen) atoms. The first-order valence-corrected chi connectivity index (χ1v) is 7.08. The van der Waals surface area contributed by atoms with Crippen LogP contribution in [0.3, 0.4) is 0 Å². The van der Waals surface area contributed by atoms with E-state index in [0.717, 1.165) is 12.8 Å². The van der Waals surface area contributed by atoms with Crippen molar-refractivity contribution < 1.29 is 19.7 Å². The monoisotopic (exact) mass is 273 g/mol. The molecular formula is C14H27NO4. The molecule has 0 radical (unpaired) electrons. The topological polar surface area (TPSA) is 78.8 Å². The van der Waals surface area contributed by atoms with Gasteiger partial charge >= 0.3 is 6.09 Å². The van der Waals surface area contributed by atoms with Crippen molar-refractivity contribution in [2.45, 2.75) is 58.1 Å². The number of aliphatic hydroxyl groups is 2. The Balaban J connectivity index is 2.56. The number of hydrogen-bond acceptors (Lipinski definition) is 4. The highest BCUT2D eigenvalue weighted by Gasteiger charge is 2.34. The number of carbonyl (C=O) groups excluding carboxylic acids is 1. The first kappa shape index (κ1) is 16.2. The van der Waals surface area contributed by atoms with Gasteiger partial charge in [-0.3, -0.25) is 0 Å². The minimum Gasteiger partial charge on any atom is -0.444 e. The number of nitrogens with one attached hydrogen (secondary N) is 1. The van der Waals surface area contributed by atoms with Crippen molar-refractivity contribution in [1.82, 2.24) is 5.32 Å². The van der Waals surface area contributed by atoms with Crippen LogP contribution in [0.5, 0.6) is 0 Å². The first-order chi connectivity index (χ1) is 8.87. The summed E-state index contributed by atoms with van der Waals surface area (Å²) < 4.78 is 5.21. The Morgan fingerprint density at radius 2 is 2.00 bits per heavy atom. The number of alkyl carbamates (subject to hydrolysis) is 1. The molecule has 0 unspecified atom stereocenters. The van der Waals surface area contributed by atoms with Crippen LogP contribution < -0.4 is 5.32 Å². The lowest BCUT2D eigenvalue weighted by Gasteiger charge is -2.38. The van der Waals surface area contributed by atoms with Crippen molar-refractivity contribution in [1.29, 1.82) is 0 Å². The van der Waals surface area contributed by atoms with Gasteiger partial charge in [-0.1, -0.05) is 19.3 Å². The van der Waals surface area contributed by atoms with Crippen molar-refractivity contribution >= 4 is 6.09 Å². The lowest BCUT2D eigenvalue weighted by atomic mass is 9.71. The molecule has 0 aromatic heterocycles. The largest absolute Gasteiger partial charge is 0.444 e. The summed E-state index contributed by atoms with van der Waals surface area (Å²) in [5, 5.41) is 21.4. The molecule has 1 amide bonds. The molecule has 0 heterocycles. The van der Waals surface area contributed by atoms with Crippen LogP contribution in [0.2, 0.25) is 0 Å². The minimum absolute atomic E-state index is 0.0770. The van der Waals surface area contributed by atoms with E-state index in [2.05, 4.69) is 5.32 Å². The number of amides is 1. The van der Waals surface area contributed by atoms with Crippen LogP contribution in [-0.2, 0) is 4.74 Å². The van der Waals surface area contributed by atoms with Crippen LogP contribution in [0, 0.1) is 11.8 Å². The van der Waals surface area contributed by atoms with Gasteiger partial charge in [-0.15, -0.1) is 0 Å². The second kappa shape index (κ2) is 7.10. The average molecular weight is 273 g/mol. The molecule has 0 aromatic carbocycles. The fourth-order valence-electron chi connectivity index (χ4n) is 2.53. The van der Waals surface area contributed by atoms with Crippen LogP contribution in [0.4, 0.5) is 4.79 Å². The van der Waals surface area contributed by atoms with Crippen LogP contribution in [-0.4, -0.2) is 41.2 Å². The zero-order valence-corrected chi connectivity index (χ0v) is 12.2. The number of carbonyl (C=O) groups is 1. The van der Waals surface area contributed by atoms with Crippen molar-refractivity contribution in [3.8, 4) is 0 Å². The van der Waals surface area contributed by atoms with E-state index < -0.39 is 11.7 Å². The summed E-state index contributed by atoms with van der Waals surface area (Å²) in [5.41, 5.74) is -0.549. The van der Waals surface area contributed by atoms with Crippen molar-refractivity contribution in [3.05, 3.63) is 0 Å². The van der Waals surface area contributed by atoms with Gasteiger partial charge in [0.05, 0.1) is 12.6 Å². The molecule has 2 atom stereocenters. The highest BCUT2D eigenvalue weighted by molar-refractivity contribution is 5.68. The molecule has 0 aliphatic heterocycles. The number of rotatable bonds is 6. The maximum absolute atomic E-state index is 11.8. The Kier molecular flexibility index (Phi) is 6.07. The molecular weight excluding hydrogens is 246 g/mol. The van der Waals surface area contributed by atoms with Gasteiger partial charge in [0.25, 0.3) is 0 Å². The third kappa shape index (κ3) is 5.37. The van der Waals surface area contributed by atoms with Gasteiger partial charge in [0.1, 0.15) is 5.60 Å². The van der Waals surface area contributed by atoms with Gasteiger partial charge in [-0.05, 0) is 39.0 Å². The number of hydrogen-bond donors (Lipinski definition) is 3. The molecule has 1 rings (SSSR count). The first-order valence-electron chi connectivity index (χ1n) is 7.08. The third-order valence-corrected chi connectivity index (χ3v) is 3.63. The van der Waals surface area contributed by atoms with Crippen molar-refractivity contribution in [3.63, 3.8) is 0 Å². The lowest BCUT2D eigenvalue weighted by molar-refractivity contribution is 0.0371. The van der Waals surface area contributed by atoms with Crippen LogP contribution >= 0.6 is 0 Å². The lowest BCUT2D eigenvalue weighted by Crippen LogP contribution is -2.48. The fourth-order valence-corrected chi connectivity index (χ4v) is 2.53. The molecule has 112 valence electrons. The van der Waals surface area contributed by atoms with Gasteiger partial charge in [-0.25, -0.2) is 4.79 Å². The molecule has 5 heteroatoms. The molecule has 0 bridgehead atoms. The molecule has 0 spiro atoms.